The lowest BCUT2D eigenvalue weighted by Crippen LogP contribution is -2.19. The molecule has 0 spiro atoms. The topological polar surface area (TPSA) is 59.9 Å². The van der Waals surface area contributed by atoms with E-state index in [2.05, 4.69) is 26.2 Å². The molecule has 26 heavy (non-hydrogen) atoms. The molecule has 1 heterocycles. The molecule has 0 aromatic heterocycles. The number of thioether (sulfide) groups is 1. The first kappa shape index (κ1) is 18.5. The first-order valence-electron chi connectivity index (χ1n) is 7.47. The molecule has 2 aromatic rings. The number of hydrogen-bond donors (Lipinski definition) is 1. The van der Waals surface area contributed by atoms with E-state index in [1.807, 2.05) is 0 Å². The summed E-state index contributed by atoms with van der Waals surface area (Å²) in [7, 11) is 3.10. The molecule has 1 saturated heterocycles. The number of para-hydroxylation sites is 1. The van der Waals surface area contributed by atoms with Crippen molar-refractivity contribution in [2.75, 3.05) is 14.2 Å². The fourth-order valence-electron chi connectivity index (χ4n) is 2.27. The van der Waals surface area contributed by atoms with E-state index >= 15 is 0 Å². The van der Waals surface area contributed by atoms with Gasteiger partial charge in [-0.2, -0.15) is 0 Å². The van der Waals surface area contributed by atoms with Crippen LogP contribution in [0.4, 0.5) is 10.1 Å². The van der Waals surface area contributed by atoms with Crippen LogP contribution in [0.2, 0.25) is 0 Å². The van der Waals surface area contributed by atoms with Crippen molar-refractivity contribution in [3.8, 4) is 11.5 Å². The summed E-state index contributed by atoms with van der Waals surface area (Å²) in [6, 6.07) is 9.64. The van der Waals surface area contributed by atoms with Crippen molar-refractivity contribution in [1.82, 2.24) is 5.32 Å². The molecule has 1 amide bonds. The van der Waals surface area contributed by atoms with Gasteiger partial charge in [0.2, 0.25) is 0 Å². The number of benzene rings is 2. The monoisotopic (exact) mass is 436 g/mol. The van der Waals surface area contributed by atoms with Crippen LogP contribution in [0, 0.1) is 5.82 Å². The van der Waals surface area contributed by atoms with Gasteiger partial charge in [-0.1, -0.05) is 12.1 Å². The Morgan fingerprint density at radius 1 is 1.19 bits per heavy atom. The van der Waals surface area contributed by atoms with Crippen LogP contribution in [-0.4, -0.2) is 25.3 Å². The average Bonchev–Trinajstić information content (AvgIpc) is 2.96. The largest absolute Gasteiger partial charge is 0.496 e. The van der Waals surface area contributed by atoms with E-state index in [1.165, 1.54) is 13.2 Å². The highest BCUT2D eigenvalue weighted by Crippen LogP contribution is 2.36. The number of amides is 1. The normalized spacial score (nSPS) is 16.8. The third kappa shape index (κ3) is 3.91. The maximum Gasteiger partial charge on any atom is 0.264 e. The first-order chi connectivity index (χ1) is 12.5. The maximum atomic E-state index is 13.7. The summed E-state index contributed by atoms with van der Waals surface area (Å²) < 4.78 is 25.1. The highest BCUT2D eigenvalue weighted by molar-refractivity contribution is 9.10. The molecule has 0 unspecified atom stereocenters. The van der Waals surface area contributed by atoms with Crippen molar-refractivity contribution >= 4 is 50.5 Å². The molecule has 2 aromatic carbocycles. The second-order valence-corrected chi connectivity index (χ2v) is 7.05. The molecule has 8 heteroatoms. The molecular formula is C18H14BrFN2O3S. The van der Waals surface area contributed by atoms with E-state index in [1.54, 1.807) is 43.5 Å². The van der Waals surface area contributed by atoms with E-state index in [9.17, 15) is 9.18 Å². The zero-order chi connectivity index (χ0) is 18.7. The molecule has 0 bridgehead atoms. The number of hydrogen-bond acceptors (Lipinski definition) is 5. The van der Waals surface area contributed by atoms with Crippen LogP contribution in [0.15, 0.2) is 50.8 Å². The fourth-order valence-corrected chi connectivity index (χ4v) is 3.62. The lowest BCUT2D eigenvalue weighted by atomic mass is 10.1. The summed E-state index contributed by atoms with van der Waals surface area (Å²) in [6.45, 7) is 0. The fraction of sp³-hybridized carbons (Fsp3) is 0.111. The van der Waals surface area contributed by atoms with Gasteiger partial charge >= 0.3 is 0 Å². The molecule has 1 aliphatic heterocycles. The van der Waals surface area contributed by atoms with Gasteiger partial charge in [0, 0.05) is 11.6 Å². The Labute approximate surface area is 162 Å². The highest BCUT2D eigenvalue weighted by Gasteiger charge is 2.25. The predicted molar refractivity (Wildman–Crippen MR) is 104 cm³/mol. The van der Waals surface area contributed by atoms with Gasteiger partial charge in [0.15, 0.2) is 5.17 Å². The Hall–Kier alpha value is -2.32. The number of amidine groups is 1. The summed E-state index contributed by atoms with van der Waals surface area (Å²) in [5, 5.41) is 2.95. The molecule has 1 aliphatic rings. The van der Waals surface area contributed by atoms with Gasteiger partial charge in [0.05, 0.1) is 23.6 Å². The van der Waals surface area contributed by atoms with Crippen LogP contribution < -0.4 is 14.8 Å². The van der Waals surface area contributed by atoms with Crippen LogP contribution in [0.3, 0.4) is 0 Å². The van der Waals surface area contributed by atoms with Crippen molar-refractivity contribution in [2.24, 2.45) is 4.99 Å². The summed E-state index contributed by atoms with van der Waals surface area (Å²) >= 11 is 4.55. The van der Waals surface area contributed by atoms with Crippen LogP contribution in [-0.2, 0) is 4.79 Å². The maximum absolute atomic E-state index is 13.7. The predicted octanol–water partition coefficient (Wildman–Crippen LogP) is 4.50. The van der Waals surface area contributed by atoms with E-state index in [-0.39, 0.29) is 11.6 Å². The Kier molecular flexibility index (Phi) is 5.63. The third-order valence-electron chi connectivity index (χ3n) is 3.52. The van der Waals surface area contributed by atoms with E-state index in [0.29, 0.717) is 27.1 Å². The SMILES string of the molecule is COc1cc(OC)c(/C=C2\SC(=Nc3ccccc3F)NC2=O)cc1Br. The Bertz CT molecular complexity index is 931. The molecule has 1 fully saturated rings. The Morgan fingerprint density at radius 3 is 2.62 bits per heavy atom. The Morgan fingerprint density at radius 2 is 1.92 bits per heavy atom. The van der Waals surface area contributed by atoms with Crippen molar-refractivity contribution < 1.29 is 18.7 Å². The van der Waals surface area contributed by atoms with Gasteiger partial charge in [0.1, 0.15) is 23.0 Å². The quantitative estimate of drug-likeness (QED) is 0.716. The zero-order valence-corrected chi connectivity index (χ0v) is 16.3. The molecule has 0 atom stereocenters. The van der Waals surface area contributed by atoms with Crippen LogP contribution >= 0.6 is 27.7 Å². The number of methoxy groups -OCH3 is 2. The van der Waals surface area contributed by atoms with E-state index in [4.69, 9.17) is 9.47 Å². The number of ether oxygens (including phenoxy) is 2. The molecule has 0 aliphatic carbocycles. The zero-order valence-electron chi connectivity index (χ0n) is 13.9. The lowest BCUT2D eigenvalue weighted by molar-refractivity contribution is -0.115. The van der Waals surface area contributed by atoms with Crippen LogP contribution in [0.1, 0.15) is 5.56 Å². The van der Waals surface area contributed by atoms with Crippen molar-refractivity contribution in [3.05, 3.63) is 57.2 Å². The summed E-state index contributed by atoms with van der Waals surface area (Å²) in [4.78, 5) is 16.8. The lowest BCUT2D eigenvalue weighted by Gasteiger charge is -2.10. The molecule has 0 saturated carbocycles. The smallest absolute Gasteiger partial charge is 0.264 e. The van der Waals surface area contributed by atoms with Crippen molar-refractivity contribution in [1.29, 1.82) is 0 Å². The standard InChI is InChI=1S/C18H14BrFN2O3S/c1-24-14-9-15(25-2)11(19)7-10(14)8-16-17(23)22-18(26-16)21-13-6-4-3-5-12(13)20/h3-9H,1-2H3,(H,21,22,23)/b16-8-. The second-order valence-electron chi connectivity index (χ2n) is 5.16. The Balaban J connectivity index is 1.92. The van der Waals surface area contributed by atoms with Gasteiger partial charge in [-0.15, -0.1) is 0 Å². The minimum atomic E-state index is -0.451. The number of carbonyl (C=O) groups excluding carboxylic acids is 1. The summed E-state index contributed by atoms with van der Waals surface area (Å²) in [5.74, 6) is 0.423. The van der Waals surface area contributed by atoms with Crippen LogP contribution in [0.25, 0.3) is 6.08 Å². The van der Waals surface area contributed by atoms with Gasteiger partial charge in [-0.25, -0.2) is 9.38 Å². The van der Waals surface area contributed by atoms with E-state index < -0.39 is 5.82 Å². The highest BCUT2D eigenvalue weighted by atomic mass is 79.9. The number of aliphatic imine (C=N–C) groups is 1. The summed E-state index contributed by atoms with van der Waals surface area (Å²) in [5.41, 5.74) is 0.867. The summed E-state index contributed by atoms with van der Waals surface area (Å²) in [6.07, 6.45) is 1.69. The molecule has 5 nitrogen and oxygen atoms in total. The molecule has 3 rings (SSSR count). The van der Waals surface area contributed by atoms with Crippen molar-refractivity contribution in [3.63, 3.8) is 0 Å². The number of halogens is 2. The minimum absolute atomic E-state index is 0.168. The second kappa shape index (κ2) is 7.92. The molecule has 1 N–H and O–H groups in total. The minimum Gasteiger partial charge on any atom is -0.496 e. The molecular weight excluding hydrogens is 423 g/mol. The number of carbonyl (C=O) groups is 1. The van der Waals surface area contributed by atoms with Gasteiger partial charge in [-0.3, -0.25) is 4.79 Å². The number of nitrogens with zero attached hydrogens (tertiary/aromatic N) is 1. The van der Waals surface area contributed by atoms with Gasteiger partial charge < -0.3 is 14.8 Å². The van der Waals surface area contributed by atoms with Crippen molar-refractivity contribution in [2.45, 2.75) is 0 Å². The van der Waals surface area contributed by atoms with Gasteiger partial charge in [0.25, 0.3) is 5.91 Å². The van der Waals surface area contributed by atoms with E-state index in [0.717, 1.165) is 16.2 Å². The average molecular weight is 437 g/mol. The molecule has 0 radical (unpaired) electrons. The van der Waals surface area contributed by atoms with Crippen LogP contribution in [0.5, 0.6) is 11.5 Å². The molecule has 134 valence electrons. The first-order valence-corrected chi connectivity index (χ1v) is 9.08. The number of rotatable bonds is 4. The third-order valence-corrected chi connectivity index (χ3v) is 5.05. The van der Waals surface area contributed by atoms with Gasteiger partial charge in [-0.05, 0) is 52.0 Å². The number of nitrogens with one attached hydrogen (secondary N) is 1.